The molecule has 2 amide bonds. The van der Waals surface area contributed by atoms with Crippen LogP contribution in [0, 0.1) is 0 Å². The van der Waals surface area contributed by atoms with Gasteiger partial charge in [-0.3, -0.25) is 0 Å². The van der Waals surface area contributed by atoms with Gasteiger partial charge < -0.3 is 15.7 Å². The summed E-state index contributed by atoms with van der Waals surface area (Å²) in [5, 5.41) is 19.6. The quantitative estimate of drug-likeness (QED) is 0.798. The molecule has 23 heavy (non-hydrogen) atoms. The highest BCUT2D eigenvalue weighted by Gasteiger charge is 2.18. The zero-order valence-electron chi connectivity index (χ0n) is 13.3. The molecular weight excluding hydrogens is 318 g/mol. The molecule has 0 aliphatic rings. The van der Waals surface area contributed by atoms with Crippen molar-refractivity contribution >= 4 is 17.6 Å². The van der Waals surface area contributed by atoms with Gasteiger partial charge in [0.2, 0.25) is 0 Å². The fraction of sp³-hybridized carbons (Fsp3) is 0.400. The van der Waals surface area contributed by atoms with Crippen LogP contribution in [0.3, 0.4) is 0 Å². The zero-order valence-corrected chi connectivity index (χ0v) is 14.1. The molecule has 2 aromatic rings. The van der Waals surface area contributed by atoms with E-state index >= 15 is 0 Å². The number of halogens is 1. The van der Waals surface area contributed by atoms with Crippen LogP contribution >= 0.6 is 11.6 Å². The average molecular weight is 338 g/mol. The molecule has 0 aliphatic carbocycles. The Hall–Kier alpha value is -2.28. The van der Waals surface area contributed by atoms with Gasteiger partial charge in [0.05, 0.1) is 17.1 Å². The summed E-state index contributed by atoms with van der Waals surface area (Å²) in [6.07, 6.45) is 1.46. The Bertz CT molecular complexity index is 693. The topological polar surface area (TPSA) is 92.1 Å². The van der Waals surface area contributed by atoms with Crippen LogP contribution in [0.15, 0.2) is 24.5 Å². The summed E-state index contributed by atoms with van der Waals surface area (Å²) >= 11 is 5.82. The van der Waals surface area contributed by atoms with Crippen LogP contribution in [0.25, 0.3) is 0 Å². The first-order valence-corrected chi connectivity index (χ1v) is 7.54. The lowest BCUT2D eigenvalue weighted by molar-refractivity contribution is 0.239. The number of phenols is 1. The van der Waals surface area contributed by atoms with E-state index in [-0.39, 0.29) is 35.4 Å². The summed E-state index contributed by atoms with van der Waals surface area (Å²) in [6, 6.07) is 4.62. The predicted octanol–water partition coefficient (Wildman–Crippen LogP) is 2.39. The van der Waals surface area contributed by atoms with Crippen LogP contribution in [-0.4, -0.2) is 25.9 Å². The van der Waals surface area contributed by atoms with Crippen molar-refractivity contribution in [2.24, 2.45) is 0 Å². The van der Waals surface area contributed by atoms with Crippen molar-refractivity contribution < 1.29 is 9.90 Å². The first-order chi connectivity index (χ1) is 10.8. The minimum atomic E-state index is -0.368. The third-order valence-corrected chi connectivity index (χ3v) is 3.48. The van der Waals surface area contributed by atoms with Crippen molar-refractivity contribution in [3.63, 3.8) is 0 Å². The van der Waals surface area contributed by atoms with Gasteiger partial charge in [0.1, 0.15) is 17.9 Å². The molecular formula is C15H20ClN5O2. The van der Waals surface area contributed by atoms with Gasteiger partial charge in [-0.2, -0.15) is 5.10 Å². The number of urea groups is 1. The number of aromatic hydroxyl groups is 1. The molecule has 0 atom stereocenters. The predicted molar refractivity (Wildman–Crippen MR) is 87.2 cm³/mol. The minimum absolute atomic E-state index is 0.0260. The Morgan fingerprint density at radius 1 is 1.30 bits per heavy atom. The minimum Gasteiger partial charge on any atom is -0.506 e. The smallest absolute Gasteiger partial charge is 0.315 e. The summed E-state index contributed by atoms with van der Waals surface area (Å²) < 4.78 is 1.76. The lowest BCUT2D eigenvalue weighted by atomic mass is 10.1. The van der Waals surface area contributed by atoms with E-state index in [1.165, 1.54) is 6.33 Å². The average Bonchev–Trinajstić information content (AvgIpc) is 2.95. The molecule has 2 rings (SSSR count). The van der Waals surface area contributed by atoms with Crippen LogP contribution in [-0.2, 0) is 18.6 Å². The van der Waals surface area contributed by atoms with Crippen LogP contribution in [0.1, 0.15) is 32.2 Å². The maximum absolute atomic E-state index is 11.9. The summed E-state index contributed by atoms with van der Waals surface area (Å²) in [6.45, 7) is 6.45. The Morgan fingerprint density at radius 2 is 2.00 bits per heavy atom. The SMILES string of the molecule is CC(C)(C)n1ncnc1CNC(=O)NCc1cccc(Cl)c1O. The van der Waals surface area contributed by atoms with E-state index in [0.29, 0.717) is 11.4 Å². The third-order valence-electron chi connectivity index (χ3n) is 3.17. The van der Waals surface area contributed by atoms with Gasteiger partial charge in [-0.05, 0) is 26.8 Å². The van der Waals surface area contributed by atoms with Crippen molar-refractivity contribution in [3.05, 3.63) is 40.9 Å². The number of hydrogen-bond acceptors (Lipinski definition) is 4. The third kappa shape index (κ3) is 4.35. The summed E-state index contributed by atoms with van der Waals surface area (Å²) in [5.41, 5.74) is 0.335. The molecule has 1 heterocycles. The molecule has 3 N–H and O–H groups in total. The highest BCUT2D eigenvalue weighted by molar-refractivity contribution is 6.32. The van der Waals surface area contributed by atoms with Gasteiger partial charge in [-0.1, -0.05) is 23.7 Å². The molecule has 1 aromatic heterocycles. The maximum Gasteiger partial charge on any atom is 0.315 e. The van der Waals surface area contributed by atoms with Crippen LogP contribution in [0.2, 0.25) is 5.02 Å². The Balaban J connectivity index is 1.89. The molecule has 124 valence electrons. The Labute approximate surface area is 139 Å². The van der Waals surface area contributed by atoms with Crippen molar-refractivity contribution in [2.45, 2.75) is 39.4 Å². The molecule has 0 fully saturated rings. The summed E-state index contributed by atoms with van der Waals surface area (Å²) in [5.74, 6) is 0.639. The van der Waals surface area contributed by atoms with Crippen LogP contribution in [0.4, 0.5) is 4.79 Å². The van der Waals surface area contributed by atoms with Gasteiger partial charge in [0.25, 0.3) is 0 Å². The second-order valence-corrected chi connectivity index (χ2v) is 6.45. The number of hydrogen-bond donors (Lipinski definition) is 3. The molecule has 8 heteroatoms. The van der Waals surface area contributed by atoms with Crippen molar-refractivity contribution in [2.75, 3.05) is 0 Å². The van der Waals surface area contributed by atoms with Crippen molar-refractivity contribution in [3.8, 4) is 5.75 Å². The standard InChI is InChI=1S/C15H20ClN5O2/c1-15(2,3)21-12(19-9-20-21)8-18-14(23)17-7-10-5-4-6-11(16)13(10)22/h4-6,9,22H,7-8H2,1-3H3,(H2,17,18,23). The van der Waals surface area contributed by atoms with E-state index < -0.39 is 0 Å². The Morgan fingerprint density at radius 3 is 2.70 bits per heavy atom. The summed E-state index contributed by atoms with van der Waals surface area (Å²) in [4.78, 5) is 16.0. The fourth-order valence-electron chi connectivity index (χ4n) is 2.05. The van der Waals surface area contributed by atoms with E-state index in [9.17, 15) is 9.90 Å². The normalized spacial score (nSPS) is 11.3. The second kappa shape index (κ2) is 6.87. The zero-order chi connectivity index (χ0) is 17.0. The van der Waals surface area contributed by atoms with E-state index in [1.807, 2.05) is 20.8 Å². The number of nitrogens with one attached hydrogen (secondary N) is 2. The van der Waals surface area contributed by atoms with E-state index in [1.54, 1.807) is 22.9 Å². The first kappa shape index (κ1) is 17.1. The van der Waals surface area contributed by atoms with Gasteiger partial charge in [-0.25, -0.2) is 14.5 Å². The molecule has 1 aromatic carbocycles. The van der Waals surface area contributed by atoms with Crippen molar-refractivity contribution in [1.29, 1.82) is 0 Å². The highest BCUT2D eigenvalue weighted by Crippen LogP contribution is 2.26. The van der Waals surface area contributed by atoms with Crippen molar-refractivity contribution in [1.82, 2.24) is 25.4 Å². The molecule has 0 bridgehead atoms. The molecule has 0 saturated heterocycles. The molecule has 0 unspecified atom stereocenters. The highest BCUT2D eigenvalue weighted by atomic mass is 35.5. The number of amides is 2. The number of phenolic OH excluding ortho intramolecular Hbond substituents is 1. The maximum atomic E-state index is 11.9. The van der Waals surface area contributed by atoms with Crippen LogP contribution < -0.4 is 10.6 Å². The first-order valence-electron chi connectivity index (χ1n) is 7.16. The number of nitrogens with zero attached hydrogens (tertiary/aromatic N) is 3. The number of para-hydroxylation sites is 1. The number of carbonyl (C=O) groups is 1. The number of carbonyl (C=O) groups excluding carboxylic acids is 1. The summed E-state index contributed by atoms with van der Waals surface area (Å²) in [7, 11) is 0. The second-order valence-electron chi connectivity index (χ2n) is 6.04. The van der Waals surface area contributed by atoms with Gasteiger partial charge >= 0.3 is 6.03 Å². The molecule has 0 aliphatic heterocycles. The molecule has 0 spiro atoms. The Kier molecular flexibility index (Phi) is 5.10. The van der Waals surface area contributed by atoms with Crippen LogP contribution in [0.5, 0.6) is 5.75 Å². The molecule has 7 nitrogen and oxygen atoms in total. The molecule has 0 saturated carbocycles. The number of rotatable bonds is 4. The van der Waals surface area contributed by atoms with E-state index in [0.717, 1.165) is 0 Å². The number of benzene rings is 1. The lowest BCUT2D eigenvalue weighted by Gasteiger charge is -2.21. The molecule has 0 radical (unpaired) electrons. The van der Waals surface area contributed by atoms with E-state index in [2.05, 4.69) is 20.7 Å². The number of aromatic nitrogens is 3. The van der Waals surface area contributed by atoms with Gasteiger partial charge in [0, 0.05) is 12.1 Å². The lowest BCUT2D eigenvalue weighted by Crippen LogP contribution is -2.36. The fourth-order valence-corrected chi connectivity index (χ4v) is 2.24. The monoisotopic (exact) mass is 337 g/mol. The van der Waals surface area contributed by atoms with Gasteiger partial charge in [-0.15, -0.1) is 0 Å². The largest absolute Gasteiger partial charge is 0.506 e. The van der Waals surface area contributed by atoms with Gasteiger partial charge in [0.15, 0.2) is 0 Å². The van der Waals surface area contributed by atoms with E-state index in [4.69, 9.17) is 11.6 Å².